The molecule has 2 aromatic heterocycles. The summed E-state index contributed by atoms with van der Waals surface area (Å²) in [5.41, 5.74) is 3.24. The Balaban J connectivity index is 1.61. The lowest BCUT2D eigenvalue weighted by molar-refractivity contribution is 0.0953. The van der Waals surface area contributed by atoms with Crippen LogP contribution in [0.2, 0.25) is 0 Å². The monoisotopic (exact) mass is 346 g/mol. The number of hydrogen-bond acceptors (Lipinski definition) is 4. The smallest absolute Gasteiger partial charge is 0.252 e. The van der Waals surface area contributed by atoms with E-state index in [1.54, 1.807) is 12.4 Å². The van der Waals surface area contributed by atoms with Gasteiger partial charge >= 0.3 is 0 Å². The highest BCUT2D eigenvalue weighted by atomic mass is 16.1. The lowest BCUT2D eigenvalue weighted by Gasteiger charge is -2.12. The number of para-hydroxylation sites is 1. The second-order valence-corrected chi connectivity index (χ2v) is 6.71. The lowest BCUT2D eigenvalue weighted by Crippen LogP contribution is -2.26. The summed E-state index contributed by atoms with van der Waals surface area (Å²) in [4.78, 5) is 21.6. The average Bonchev–Trinajstić information content (AvgIpc) is 3.21. The van der Waals surface area contributed by atoms with Gasteiger partial charge in [-0.25, -0.2) is 4.98 Å². The molecular weight excluding hydrogens is 324 g/mol. The fourth-order valence-corrected chi connectivity index (χ4v) is 3.48. The molecule has 26 heavy (non-hydrogen) atoms. The van der Waals surface area contributed by atoms with Crippen molar-refractivity contribution in [3.05, 3.63) is 60.4 Å². The van der Waals surface area contributed by atoms with E-state index < -0.39 is 0 Å². The maximum absolute atomic E-state index is 12.8. The first kappa shape index (κ1) is 16.7. The van der Waals surface area contributed by atoms with Crippen molar-refractivity contribution in [1.29, 1.82) is 0 Å². The standard InChI is InChI=1S/C21H22N4O/c26-21(24-12-6-15-5-9-23-14-15)18-13-20(16-7-10-22-11-8-16)25-19-4-2-1-3-17(18)19/h1-4,7-8,10-11,13,15,23H,5-6,9,12,14H2,(H,24,26). The number of carbonyl (C=O) groups excluding carboxylic acids is 1. The summed E-state index contributed by atoms with van der Waals surface area (Å²) in [5, 5.41) is 7.34. The van der Waals surface area contributed by atoms with E-state index in [0.29, 0.717) is 18.0 Å². The van der Waals surface area contributed by atoms with Crippen molar-refractivity contribution in [1.82, 2.24) is 20.6 Å². The molecule has 1 atom stereocenters. The number of carbonyl (C=O) groups is 1. The molecule has 3 heterocycles. The van der Waals surface area contributed by atoms with Gasteiger partial charge in [-0.05, 0) is 56.1 Å². The number of fused-ring (bicyclic) bond motifs is 1. The number of hydrogen-bond donors (Lipinski definition) is 2. The Morgan fingerprint density at radius 1 is 1.19 bits per heavy atom. The van der Waals surface area contributed by atoms with Crippen LogP contribution < -0.4 is 10.6 Å². The Bertz CT molecular complexity index is 904. The van der Waals surface area contributed by atoms with Crippen molar-refractivity contribution in [2.75, 3.05) is 19.6 Å². The third-order valence-electron chi connectivity index (χ3n) is 4.94. The molecule has 2 N–H and O–H groups in total. The van der Waals surface area contributed by atoms with E-state index in [1.165, 1.54) is 6.42 Å². The highest BCUT2D eigenvalue weighted by Gasteiger charge is 2.16. The molecule has 1 saturated heterocycles. The summed E-state index contributed by atoms with van der Waals surface area (Å²) in [7, 11) is 0. The number of aromatic nitrogens is 2. The van der Waals surface area contributed by atoms with E-state index in [9.17, 15) is 4.79 Å². The van der Waals surface area contributed by atoms with Crippen molar-refractivity contribution in [2.45, 2.75) is 12.8 Å². The van der Waals surface area contributed by atoms with Gasteiger partial charge in [0, 0.05) is 29.9 Å². The van der Waals surface area contributed by atoms with E-state index in [2.05, 4.69) is 15.6 Å². The number of rotatable bonds is 5. The minimum Gasteiger partial charge on any atom is -0.352 e. The predicted octanol–water partition coefficient (Wildman–Crippen LogP) is 3.03. The number of nitrogens with zero attached hydrogens (tertiary/aromatic N) is 2. The fraction of sp³-hybridized carbons (Fsp3) is 0.286. The van der Waals surface area contributed by atoms with E-state index in [4.69, 9.17) is 4.98 Å². The minimum atomic E-state index is -0.0372. The van der Waals surface area contributed by atoms with Crippen LogP contribution >= 0.6 is 0 Å². The Morgan fingerprint density at radius 2 is 2.04 bits per heavy atom. The molecular formula is C21H22N4O. The molecule has 4 rings (SSSR count). The van der Waals surface area contributed by atoms with Crippen LogP contribution in [0.25, 0.3) is 22.2 Å². The first-order valence-electron chi connectivity index (χ1n) is 9.10. The third-order valence-corrected chi connectivity index (χ3v) is 4.94. The van der Waals surface area contributed by atoms with Crippen LogP contribution in [0.4, 0.5) is 0 Å². The zero-order chi connectivity index (χ0) is 17.8. The van der Waals surface area contributed by atoms with Gasteiger partial charge in [0.2, 0.25) is 0 Å². The van der Waals surface area contributed by atoms with Crippen LogP contribution in [0.5, 0.6) is 0 Å². The number of nitrogens with one attached hydrogen (secondary N) is 2. The molecule has 1 aliphatic heterocycles. The summed E-state index contributed by atoms with van der Waals surface area (Å²) in [6.07, 6.45) is 5.68. The summed E-state index contributed by atoms with van der Waals surface area (Å²) in [6, 6.07) is 13.5. The largest absolute Gasteiger partial charge is 0.352 e. The fourth-order valence-electron chi connectivity index (χ4n) is 3.48. The van der Waals surface area contributed by atoms with Crippen molar-refractivity contribution in [3.63, 3.8) is 0 Å². The van der Waals surface area contributed by atoms with Crippen LogP contribution in [-0.2, 0) is 0 Å². The van der Waals surface area contributed by atoms with Gasteiger partial charge in [-0.1, -0.05) is 18.2 Å². The topological polar surface area (TPSA) is 66.9 Å². The van der Waals surface area contributed by atoms with Gasteiger partial charge in [-0.3, -0.25) is 9.78 Å². The maximum atomic E-state index is 12.8. The first-order valence-corrected chi connectivity index (χ1v) is 9.10. The zero-order valence-electron chi connectivity index (χ0n) is 14.6. The van der Waals surface area contributed by atoms with Gasteiger partial charge in [0.1, 0.15) is 0 Å². The molecule has 0 radical (unpaired) electrons. The van der Waals surface area contributed by atoms with Gasteiger partial charge in [0.25, 0.3) is 5.91 Å². The second kappa shape index (κ2) is 7.62. The quantitative estimate of drug-likeness (QED) is 0.745. The number of amides is 1. The van der Waals surface area contributed by atoms with Crippen molar-refractivity contribution >= 4 is 16.8 Å². The lowest BCUT2D eigenvalue weighted by atomic mass is 10.0. The highest BCUT2D eigenvalue weighted by Crippen LogP contribution is 2.24. The third kappa shape index (κ3) is 3.58. The van der Waals surface area contributed by atoms with Crippen LogP contribution in [0, 0.1) is 5.92 Å². The van der Waals surface area contributed by atoms with E-state index in [1.807, 2.05) is 42.5 Å². The van der Waals surface area contributed by atoms with E-state index in [-0.39, 0.29) is 5.91 Å². The summed E-state index contributed by atoms with van der Waals surface area (Å²) < 4.78 is 0. The number of benzene rings is 1. The molecule has 132 valence electrons. The number of pyridine rings is 2. The van der Waals surface area contributed by atoms with Crippen LogP contribution in [0.1, 0.15) is 23.2 Å². The van der Waals surface area contributed by atoms with Gasteiger partial charge in [-0.2, -0.15) is 0 Å². The molecule has 1 amide bonds. The highest BCUT2D eigenvalue weighted by molar-refractivity contribution is 6.07. The van der Waals surface area contributed by atoms with Crippen molar-refractivity contribution < 1.29 is 4.79 Å². The van der Waals surface area contributed by atoms with Gasteiger partial charge in [0.15, 0.2) is 0 Å². The van der Waals surface area contributed by atoms with Gasteiger partial charge in [-0.15, -0.1) is 0 Å². The van der Waals surface area contributed by atoms with E-state index in [0.717, 1.165) is 41.7 Å². The van der Waals surface area contributed by atoms with Crippen molar-refractivity contribution in [2.24, 2.45) is 5.92 Å². The van der Waals surface area contributed by atoms with E-state index >= 15 is 0 Å². The Labute approximate surface area is 152 Å². The molecule has 0 spiro atoms. The molecule has 1 fully saturated rings. The Hall–Kier alpha value is -2.79. The average molecular weight is 346 g/mol. The molecule has 0 bridgehead atoms. The molecule has 1 unspecified atom stereocenters. The molecule has 5 heteroatoms. The Morgan fingerprint density at radius 3 is 2.85 bits per heavy atom. The molecule has 5 nitrogen and oxygen atoms in total. The molecule has 0 aliphatic carbocycles. The first-order chi connectivity index (χ1) is 12.8. The Kier molecular flexibility index (Phi) is 4.88. The second-order valence-electron chi connectivity index (χ2n) is 6.71. The minimum absolute atomic E-state index is 0.0372. The van der Waals surface area contributed by atoms with Crippen LogP contribution in [0.15, 0.2) is 54.9 Å². The van der Waals surface area contributed by atoms with Gasteiger partial charge in [0.05, 0.1) is 16.8 Å². The maximum Gasteiger partial charge on any atom is 0.252 e. The molecule has 1 aromatic carbocycles. The van der Waals surface area contributed by atoms with Crippen molar-refractivity contribution in [3.8, 4) is 11.3 Å². The van der Waals surface area contributed by atoms with Crippen LogP contribution in [-0.4, -0.2) is 35.5 Å². The molecule has 0 saturated carbocycles. The van der Waals surface area contributed by atoms with Crippen LogP contribution in [0.3, 0.4) is 0 Å². The SMILES string of the molecule is O=C(NCCC1CCNC1)c1cc(-c2ccncc2)nc2ccccc12. The zero-order valence-corrected chi connectivity index (χ0v) is 14.6. The summed E-state index contributed by atoms with van der Waals surface area (Å²) in [6.45, 7) is 2.84. The predicted molar refractivity (Wildman–Crippen MR) is 103 cm³/mol. The molecule has 1 aliphatic rings. The summed E-state index contributed by atoms with van der Waals surface area (Å²) in [5.74, 6) is 0.627. The normalized spacial score (nSPS) is 16.7. The molecule has 3 aromatic rings. The van der Waals surface area contributed by atoms with Gasteiger partial charge < -0.3 is 10.6 Å². The summed E-state index contributed by atoms with van der Waals surface area (Å²) >= 11 is 0.